The minimum Gasteiger partial charge on any atom is -0.485 e. The van der Waals surface area contributed by atoms with Gasteiger partial charge < -0.3 is 15.2 Å². The number of rotatable bonds is 2. The Hall–Kier alpha value is -1.89. The smallest absolute Gasteiger partial charge is 0.184 e. The molecule has 24 heavy (non-hydrogen) atoms. The largest absolute Gasteiger partial charge is 0.485 e. The third kappa shape index (κ3) is 2.60. The Kier molecular flexibility index (Phi) is 3.63. The summed E-state index contributed by atoms with van der Waals surface area (Å²) >= 11 is 7.55. The van der Waals surface area contributed by atoms with Gasteiger partial charge in [0.05, 0.1) is 16.3 Å². The highest BCUT2D eigenvalue weighted by Gasteiger charge is 2.43. The van der Waals surface area contributed by atoms with Crippen LogP contribution in [0.4, 0.5) is 5.13 Å². The Morgan fingerprint density at radius 1 is 1.33 bits per heavy atom. The maximum absolute atomic E-state index is 10.8. The van der Waals surface area contributed by atoms with Crippen LogP contribution < -0.4 is 10.1 Å². The fraction of sp³-hybridized carbons (Fsp3) is 0.294. The molecule has 2 atom stereocenters. The van der Waals surface area contributed by atoms with Crippen molar-refractivity contribution in [2.24, 2.45) is 0 Å². The summed E-state index contributed by atoms with van der Waals surface area (Å²) in [5.41, 5.74) is 0.940. The molecule has 0 bridgehead atoms. The van der Waals surface area contributed by atoms with E-state index in [1.54, 1.807) is 12.4 Å². The number of pyridine rings is 1. The van der Waals surface area contributed by atoms with Gasteiger partial charge in [0.1, 0.15) is 17.5 Å². The number of nitrogens with zero attached hydrogens (tertiary/aromatic N) is 2. The van der Waals surface area contributed by atoms with E-state index < -0.39 is 11.7 Å². The Balaban J connectivity index is 1.73. The van der Waals surface area contributed by atoms with Gasteiger partial charge in [0.2, 0.25) is 0 Å². The first-order valence-electron chi connectivity index (χ1n) is 7.58. The van der Waals surface area contributed by atoms with Crippen LogP contribution >= 0.6 is 22.9 Å². The van der Waals surface area contributed by atoms with Crippen molar-refractivity contribution < 1.29 is 9.84 Å². The molecule has 1 aliphatic rings. The van der Waals surface area contributed by atoms with Crippen LogP contribution in [0, 0.1) is 0 Å². The average molecular weight is 362 g/mol. The molecule has 2 N–H and O–H groups in total. The Morgan fingerprint density at radius 2 is 2.17 bits per heavy atom. The van der Waals surface area contributed by atoms with E-state index >= 15 is 0 Å². The van der Waals surface area contributed by atoms with Gasteiger partial charge in [-0.05, 0) is 38.1 Å². The lowest BCUT2D eigenvalue weighted by molar-refractivity contribution is -0.0534. The highest BCUT2D eigenvalue weighted by atomic mass is 35.5. The zero-order valence-electron chi connectivity index (χ0n) is 13.2. The third-order valence-electron chi connectivity index (χ3n) is 4.17. The lowest BCUT2D eigenvalue weighted by Gasteiger charge is -2.41. The van der Waals surface area contributed by atoms with Crippen LogP contribution in [-0.2, 0) is 0 Å². The first-order valence-corrected chi connectivity index (χ1v) is 8.77. The van der Waals surface area contributed by atoms with Gasteiger partial charge >= 0.3 is 0 Å². The second kappa shape index (κ2) is 5.58. The summed E-state index contributed by atoms with van der Waals surface area (Å²) in [4.78, 5) is 8.73. The normalized spacial score (nSPS) is 22.0. The summed E-state index contributed by atoms with van der Waals surface area (Å²) in [6.07, 6.45) is 2.66. The van der Waals surface area contributed by atoms with Gasteiger partial charge in [-0.15, -0.1) is 0 Å². The molecule has 0 spiro atoms. The molecular weight excluding hydrogens is 346 g/mol. The Morgan fingerprint density at radius 3 is 3.00 bits per heavy atom. The number of nitrogens with one attached hydrogen (secondary N) is 1. The predicted octanol–water partition coefficient (Wildman–Crippen LogP) is 4.03. The zero-order valence-corrected chi connectivity index (χ0v) is 14.7. The standard InChI is InChI=1S/C17H16ClN3O2S/c1-17(2)15(22)14(10-8-19-6-5-12(10)23-17)21-16-20-11-7-9(18)3-4-13(11)24-16/h3-8,14-15,22H,1-2H3,(H,20,21)/t14-,15+/m1/s1. The minimum absolute atomic E-state index is 0.353. The molecule has 0 amide bonds. The summed E-state index contributed by atoms with van der Waals surface area (Å²) in [5, 5.41) is 15.5. The average Bonchev–Trinajstić information content (AvgIpc) is 2.93. The zero-order chi connectivity index (χ0) is 16.9. The third-order valence-corrected chi connectivity index (χ3v) is 5.38. The van der Waals surface area contributed by atoms with Crippen molar-refractivity contribution in [3.8, 4) is 5.75 Å². The number of hydrogen-bond donors (Lipinski definition) is 2. The first-order chi connectivity index (χ1) is 11.4. The van der Waals surface area contributed by atoms with E-state index in [0.29, 0.717) is 5.02 Å². The summed E-state index contributed by atoms with van der Waals surface area (Å²) in [6.45, 7) is 3.74. The van der Waals surface area contributed by atoms with Crippen molar-refractivity contribution in [1.82, 2.24) is 9.97 Å². The highest BCUT2D eigenvalue weighted by molar-refractivity contribution is 7.22. The number of ether oxygens (including phenoxy) is 1. The molecule has 0 unspecified atom stereocenters. The molecule has 0 saturated heterocycles. The number of halogens is 1. The first kappa shape index (κ1) is 15.6. The van der Waals surface area contributed by atoms with Crippen LogP contribution in [0.3, 0.4) is 0 Å². The Bertz CT molecular complexity index is 912. The van der Waals surface area contributed by atoms with Gasteiger partial charge in [0.25, 0.3) is 0 Å². The molecule has 0 fully saturated rings. The number of fused-ring (bicyclic) bond motifs is 2. The second-order valence-corrected chi connectivity index (χ2v) is 7.78. The summed E-state index contributed by atoms with van der Waals surface area (Å²) in [5.74, 6) is 0.724. The van der Waals surface area contributed by atoms with Crippen molar-refractivity contribution in [3.63, 3.8) is 0 Å². The van der Waals surface area contributed by atoms with Crippen molar-refractivity contribution in [1.29, 1.82) is 0 Å². The molecule has 124 valence electrons. The fourth-order valence-corrected chi connectivity index (χ4v) is 3.94. The SMILES string of the molecule is CC1(C)Oc2ccncc2[C@@H](Nc2nc3cc(Cl)ccc3s2)[C@@H]1O. The summed E-state index contributed by atoms with van der Waals surface area (Å²) in [7, 11) is 0. The van der Waals surface area contributed by atoms with E-state index in [9.17, 15) is 5.11 Å². The van der Waals surface area contributed by atoms with E-state index in [0.717, 1.165) is 26.7 Å². The van der Waals surface area contributed by atoms with Gasteiger partial charge in [0.15, 0.2) is 5.13 Å². The maximum atomic E-state index is 10.8. The number of aromatic nitrogens is 2. The molecule has 5 nitrogen and oxygen atoms in total. The quantitative estimate of drug-likeness (QED) is 0.721. The summed E-state index contributed by atoms with van der Waals surface area (Å²) in [6, 6.07) is 7.08. The van der Waals surface area contributed by atoms with Gasteiger partial charge in [-0.1, -0.05) is 22.9 Å². The molecule has 1 aliphatic heterocycles. The van der Waals surface area contributed by atoms with Crippen LogP contribution in [-0.4, -0.2) is 26.8 Å². The minimum atomic E-state index is -0.746. The molecular formula is C17H16ClN3O2S. The van der Waals surface area contributed by atoms with Crippen LogP contribution in [0.5, 0.6) is 5.75 Å². The molecule has 0 saturated carbocycles. The number of aliphatic hydroxyl groups excluding tert-OH is 1. The number of anilines is 1. The molecule has 3 aromatic rings. The van der Waals surface area contributed by atoms with E-state index in [4.69, 9.17) is 16.3 Å². The molecule has 4 rings (SSSR count). The van der Waals surface area contributed by atoms with Crippen molar-refractivity contribution in [2.75, 3.05) is 5.32 Å². The number of aliphatic hydroxyl groups is 1. The van der Waals surface area contributed by atoms with Crippen LogP contribution in [0.1, 0.15) is 25.5 Å². The van der Waals surface area contributed by atoms with Crippen molar-refractivity contribution in [3.05, 3.63) is 47.2 Å². The lowest BCUT2D eigenvalue weighted by atomic mass is 9.87. The molecule has 3 heterocycles. The maximum Gasteiger partial charge on any atom is 0.184 e. The highest BCUT2D eigenvalue weighted by Crippen LogP contribution is 2.41. The lowest BCUT2D eigenvalue weighted by Crippen LogP contribution is -2.50. The molecule has 1 aromatic carbocycles. The monoisotopic (exact) mass is 361 g/mol. The fourth-order valence-electron chi connectivity index (χ4n) is 2.89. The predicted molar refractivity (Wildman–Crippen MR) is 95.9 cm³/mol. The number of thiazole rings is 1. The van der Waals surface area contributed by atoms with E-state index in [1.807, 2.05) is 38.1 Å². The number of hydrogen-bond acceptors (Lipinski definition) is 6. The van der Waals surface area contributed by atoms with Gasteiger partial charge in [0, 0.05) is 23.0 Å². The van der Waals surface area contributed by atoms with Crippen LogP contribution in [0.2, 0.25) is 5.02 Å². The molecule has 7 heteroatoms. The van der Waals surface area contributed by atoms with Gasteiger partial charge in [-0.25, -0.2) is 4.98 Å². The van der Waals surface area contributed by atoms with Crippen molar-refractivity contribution >= 4 is 38.3 Å². The van der Waals surface area contributed by atoms with Crippen LogP contribution in [0.15, 0.2) is 36.7 Å². The van der Waals surface area contributed by atoms with Gasteiger partial charge in [-0.2, -0.15) is 0 Å². The molecule has 0 radical (unpaired) electrons. The second-order valence-electron chi connectivity index (χ2n) is 6.32. The van der Waals surface area contributed by atoms with E-state index in [-0.39, 0.29) is 6.04 Å². The van der Waals surface area contributed by atoms with E-state index in [2.05, 4.69) is 15.3 Å². The van der Waals surface area contributed by atoms with Gasteiger partial charge in [-0.3, -0.25) is 4.98 Å². The van der Waals surface area contributed by atoms with Crippen LogP contribution in [0.25, 0.3) is 10.2 Å². The van der Waals surface area contributed by atoms with Crippen molar-refractivity contribution in [2.45, 2.75) is 31.6 Å². The molecule has 2 aromatic heterocycles. The summed E-state index contributed by atoms with van der Waals surface area (Å²) < 4.78 is 6.95. The topological polar surface area (TPSA) is 67.3 Å². The number of benzene rings is 1. The van der Waals surface area contributed by atoms with E-state index in [1.165, 1.54) is 11.3 Å². The molecule has 0 aliphatic carbocycles. The Labute approximate surface area is 148 Å².